The SMILES string of the molecule is Cn1nc(C(C)(C)C)cc1NC(=O)CC1CCS(=O)(=O)C1. The molecule has 21 heavy (non-hydrogen) atoms. The summed E-state index contributed by atoms with van der Waals surface area (Å²) in [4.78, 5) is 12.0. The third-order valence-corrected chi connectivity index (χ3v) is 5.55. The van der Waals surface area contributed by atoms with E-state index in [-0.39, 0.29) is 35.2 Å². The second-order valence-corrected chi connectivity index (χ2v) is 9.04. The summed E-state index contributed by atoms with van der Waals surface area (Å²) >= 11 is 0. The molecule has 0 aromatic carbocycles. The average Bonchev–Trinajstić information content (AvgIpc) is 2.82. The zero-order valence-electron chi connectivity index (χ0n) is 13.0. The van der Waals surface area contributed by atoms with Crippen molar-refractivity contribution < 1.29 is 13.2 Å². The van der Waals surface area contributed by atoms with Crippen LogP contribution in [0.5, 0.6) is 0 Å². The van der Waals surface area contributed by atoms with Gasteiger partial charge in [-0.1, -0.05) is 20.8 Å². The van der Waals surface area contributed by atoms with Gasteiger partial charge < -0.3 is 5.32 Å². The van der Waals surface area contributed by atoms with Crippen LogP contribution in [0.25, 0.3) is 0 Å². The third kappa shape index (κ3) is 4.06. The fraction of sp³-hybridized carbons (Fsp3) is 0.714. The highest BCUT2D eigenvalue weighted by Crippen LogP contribution is 2.25. The minimum absolute atomic E-state index is 0.0645. The Kier molecular flexibility index (Phi) is 4.15. The van der Waals surface area contributed by atoms with Crippen LogP contribution in [-0.4, -0.2) is 35.6 Å². The number of hydrogen-bond acceptors (Lipinski definition) is 4. The molecule has 1 atom stereocenters. The summed E-state index contributed by atoms with van der Waals surface area (Å²) in [6, 6.07) is 1.86. The molecule has 1 fully saturated rings. The lowest BCUT2D eigenvalue weighted by molar-refractivity contribution is -0.116. The number of rotatable bonds is 3. The molecule has 0 bridgehead atoms. The van der Waals surface area contributed by atoms with Gasteiger partial charge >= 0.3 is 0 Å². The van der Waals surface area contributed by atoms with E-state index in [1.807, 2.05) is 6.07 Å². The maximum absolute atomic E-state index is 12.0. The quantitative estimate of drug-likeness (QED) is 0.916. The van der Waals surface area contributed by atoms with Crippen LogP contribution in [0.1, 0.15) is 39.3 Å². The van der Waals surface area contributed by atoms with Crippen LogP contribution < -0.4 is 5.32 Å². The summed E-state index contributed by atoms with van der Waals surface area (Å²) in [5, 5.41) is 7.22. The van der Waals surface area contributed by atoms with E-state index in [2.05, 4.69) is 31.2 Å². The Morgan fingerprint density at radius 3 is 2.62 bits per heavy atom. The van der Waals surface area contributed by atoms with E-state index >= 15 is 0 Å². The van der Waals surface area contributed by atoms with E-state index < -0.39 is 9.84 Å². The van der Waals surface area contributed by atoms with Crippen molar-refractivity contribution in [3.8, 4) is 0 Å². The molecule has 1 N–H and O–H groups in total. The molecular weight excluding hydrogens is 290 g/mol. The highest BCUT2D eigenvalue weighted by atomic mass is 32.2. The van der Waals surface area contributed by atoms with Crippen LogP contribution in [-0.2, 0) is 27.1 Å². The Morgan fingerprint density at radius 1 is 1.48 bits per heavy atom. The van der Waals surface area contributed by atoms with Gasteiger partial charge in [0.1, 0.15) is 5.82 Å². The predicted octanol–water partition coefficient (Wildman–Crippen LogP) is 1.48. The van der Waals surface area contributed by atoms with Crippen molar-refractivity contribution >= 4 is 21.6 Å². The number of anilines is 1. The van der Waals surface area contributed by atoms with Crippen molar-refractivity contribution in [1.82, 2.24) is 9.78 Å². The first-order valence-corrected chi connectivity index (χ1v) is 8.94. The zero-order valence-corrected chi connectivity index (χ0v) is 13.8. The summed E-state index contributed by atoms with van der Waals surface area (Å²) in [6.45, 7) is 6.18. The molecule has 1 aliphatic rings. The van der Waals surface area contributed by atoms with Gasteiger partial charge in [0.25, 0.3) is 0 Å². The molecule has 1 aromatic heterocycles. The van der Waals surface area contributed by atoms with Gasteiger partial charge in [0, 0.05) is 24.9 Å². The number of amides is 1. The van der Waals surface area contributed by atoms with Crippen molar-refractivity contribution in [3.63, 3.8) is 0 Å². The Morgan fingerprint density at radius 2 is 2.14 bits per heavy atom. The van der Waals surface area contributed by atoms with Gasteiger partial charge in [-0.15, -0.1) is 0 Å². The third-order valence-electron chi connectivity index (χ3n) is 3.72. The summed E-state index contributed by atoms with van der Waals surface area (Å²) in [6.07, 6.45) is 0.823. The lowest BCUT2D eigenvalue weighted by Gasteiger charge is -2.13. The molecule has 0 aliphatic carbocycles. The number of nitrogens with zero attached hydrogens (tertiary/aromatic N) is 2. The van der Waals surface area contributed by atoms with E-state index in [0.29, 0.717) is 12.2 Å². The molecule has 0 spiro atoms. The summed E-state index contributed by atoms with van der Waals surface area (Å²) in [5.74, 6) is 0.751. The molecule has 0 radical (unpaired) electrons. The fourth-order valence-corrected chi connectivity index (χ4v) is 4.30. The van der Waals surface area contributed by atoms with Crippen LogP contribution in [0, 0.1) is 5.92 Å². The van der Waals surface area contributed by atoms with Gasteiger partial charge in [-0.3, -0.25) is 9.48 Å². The van der Waals surface area contributed by atoms with Crippen LogP contribution in [0.4, 0.5) is 5.82 Å². The first-order valence-electron chi connectivity index (χ1n) is 7.11. The monoisotopic (exact) mass is 313 g/mol. The maximum Gasteiger partial charge on any atom is 0.225 e. The molecule has 2 rings (SSSR count). The first-order chi connectivity index (χ1) is 9.57. The number of hydrogen-bond donors (Lipinski definition) is 1. The fourth-order valence-electron chi connectivity index (χ4n) is 2.44. The highest BCUT2D eigenvalue weighted by Gasteiger charge is 2.29. The lowest BCUT2D eigenvalue weighted by atomic mass is 9.92. The number of carbonyl (C=O) groups is 1. The molecule has 0 saturated carbocycles. The van der Waals surface area contributed by atoms with Gasteiger partial charge in [0.2, 0.25) is 5.91 Å². The Balaban J connectivity index is 1.99. The molecule has 1 aliphatic heterocycles. The van der Waals surface area contributed by atoms with Gasteiger partial charge in [0.05, 0.1) is 17.2 Å². The standard InChI is InChI=1S/C14H23N3O3S/c1-14(2,3)11-8-12(17(4)16-11)15-13(18)7-10-5-6-21(19,20)9-10/h8,10H,5-7,9H2,1-4H3,(H,15,18). The van der Waals surface area contributed by atoms with Crippen molar-refractivity contribution in [1.29, 1.82) is 0 Å². The van der Waals surface area contributed by atoms with Gasteiger partial charge in [-0.2, -0.15) is 5.10 Å². The number of aryl methyl sites for hydroxylation is 1. The van der Waals surface area contributed by atoms with Crippen LogP contribution >= 0.6 is 0 Å². The van der Waals surface area contributed by atoms with Gasteiger partial charge in [-0.25, -0.2) is 8.42 Å². The van der Waals surface area contributed by atoms with E-state index in [1.165, 1.54) is 0 Å². The molecule has 1 aromatic rings. The van der Waals surface area contributed by atoms with Crippen LogP contribution in [0.2, 0.25) is 0 Å². The Labute approximate surface area is 125 Å². The topological polar surface area (TPSA) is 81.1 Å². The van der Waals surface area contributed by atoms with Crippen molar-refractivity contribution in [2.24, 2.45) is 13.0 Å². The number of nitrogens with one attached hydrogen (secondary N) is 1. The minimum atomic E-state index is -2.93. The van der Waals surface area contributed by atoms with E-state index in [4.69, 9.17) is 0 Å². The van der Waals surface area contributed by atoms with Crippen LogP contribution in [0.3, 0.4) is 0 Å². The minimum Gasteiger partial charge on any atom is -0.311 e. The Hall–Kier alpha value is -1.37. The molecule has 2 heterocycles. The van der Waals surface area contributed by atoms with Gasteiger partial charge in [0.15, 0.2) is 9.84 Å². The second kappa shape index (κ2) is 5.44. The number of sulfone groups is 1. The van der Waals surface area contributed by atoms with Crippen molar-refractivity contribution in [2.45, 2.75) is 39.0 Å². The van der Waals surface area contributed by atoms with E-state index in [9.17, 15) is 13.2 Å². The summed E-state index contributed by atoms with van der Waals surface area (Å²) in [7, 11) is -1.15. The lowest BCUT2D eigenvalue weighted by Crippen LogP contribution is -2.18. The molecule has 1 amide bonds. The zero-order chi connectivity index (χ0) is 15.8. The molecular formula is C14H23N3O3S. The highest BCUT2D eigenvalue weighted by molar-refractivity contribution is 7.91. The Bertz CT molecular complexity index is 641. The maximum atomic E-state index is 12.0. The smallest absolute Gasteiger partial charge is 0.225 e. The first kappa shape index (κ1) is 16.0. The van der Waals surface area contributed by atoms with Crippen LogP contribution in [0.15, 0.2) is 6.07 Å². The van der Waals surface area contributed by atoms with Gasteiger partial charge in [-0.05, 0) is 12.3 Å². The normalized spacial score (nSPS) is 21.4. The van der Waals surface area contributed by atoms with E-state index in [0.717, 1.165) is 5.69 Å². The largest absolute Gasteiger partial charge is 0.311 e. The number of carbonyl (C=O) groups excluding carboxylic acids is 1. The van der Waals surface area contributed by atoms with E-state index in [1.54, 1.807) is 11.7 Å². The predicted molar refractivity (Wildman–Crippen MR) is 81.9 cm³/mol. The average molecular weight is 313 g/mol. The van der Waals surface area contributed by atoms with Crippen molar-refractivity contribution in [2.75, 3.05) is 16.8 Å². The van der Waals surface area contributed by atoms with Crippen molar-refractivity contribution in [3.05, 3.63) is 11.8 Å². The molecule has 6 nitrogen and oxygen atoms in total. The molecule has 118 valence electrons. The molecule has 1 saturated heterocycles. The molecule has 7 heteroatoms. The summed E-state index contributed by atoms with van der Waals surface area (Å²) in [5.41, 5.74) is 0.823. The molecule has 1 unspecified atom stereocenters. The number of aromatic nitrogens is 2. The second-order valence-electron chi connectivity index (χ2n) is 6.81. The summed E-state index contributed by atoms with van der Waals surface area (Å²) < 4.78 is 24.4.